The molecule has 2 heterocycles. The van der Waals surface area contributed by atoms with Crippen LogP contribution in [-0.4, -0.2) is 36.7 Å². The minimum atomic E-state index is -3.78. The number of anilines is 1. The number of halogens is 2. The highest BCUT2D eigenvalue weighted by atomic mass is 32.2. The molecule has 1 aliphatic rings. The second-order valence-electron chi connectivity index (χ2n) is 8.63. The van der Waals surface area contributed by atoms with Gasteiger partial charge in [0, 0.05) is 19.0 Å². The van der Waals surface area contributed by atoms with E-state index in [0.717, 1.165) is 17.7 Å². The monoisotopic (exact) mass is 527 g/mol. The van der Waals surface area contributed by atoms with Crippen LogP contribution >= 0.6 is 11.3 Å². The molecule has 0 saturated carbocycles. The fourth-order valence-electron chi connectivity index (χ4n) is 4.34. The lowest BCUT2D eigenvalue weighted by Crippen LogP contribution is -2.44. The van der Waals surface area contributed by atoms with E-state index < -0.39 is 27.6 Å². The van der Waals surface area contributed by atoms with Gasteiger partial charge < -0.3 is 0 Å². The Hall–Kier alpha value is -3.21. The Morgan fingerprint density at radius 2 is 1.67 bits per heavy atom. The Balaban J connectivity index is 1.37. The standard InChI is InChI=1S/C26H23F2N3O3S2/c27-20-9-11-21(12-10-20)36(33,34)30-15-13-19(14-16-30)25(32)31(17-18-5-2-1-3-6-18)26-29-24-22(28)7-4-8-23(24)35-26/h1-12,19H,13-17H2. The average Bonchev–Trinajstić information content (AvgIpc) is 3.33. The van der Waals surface area contributed by atoms with Crippen LogP contribution in [0.25, 0.3) is 10.2 Å². The maximum absolute atomic E-state index is 14.3. The molecule has 0 bridgehead atoms. The predicted molar refractivity (Wildman–Crippen MR) is 135 cm³/mol. The second-order valence-corrected chi connectivity index (χ2v) is 11.6. The smallest absolute Gasteiger partial charge is 0.243 e. The van der Waals surface area contributed by atoms with Crippen LogP contribution in [0.2, 0.25) is 0 Å². The van der Waals surface area contributed by atoms with Gasteiger partial charge in [0.2, 0.25) is 15.9 Å². The van der Waals surface area contributed by atoms with Crippen molar-refractivity contribution in [3.05, 3.63) is 90.0 Å². The van der Waals surface area contributed by atoms with E-state index >= 15 is 0 Å². The Bertz CT molecular complexity index is 1480. The first-order chi connectivity index (χ1) is 17.3. The van der Waals surface area contributed by atoms with E-state index in [9.17, 15) is 22.0 Å². The maximum atomic E-state index is 14.3. The number of hydrogen-bond acceptors (Lipinski definition) is 5. The van der Waals surface area contributed by atoms with Gasteiger partial charge in [-0.1, -0.05) is 47.7 Å². The summed E-state index contributed by atoms with van der Waals surface area (Å²) in [5.74, 6) is -1.53. The lowest BCUT2D eigenvalue weighted by molar-refractivity contribution is -0.123. The number of carbonyl (C=O) groups excluding carboxylic acids is 1. The average molecular weight is 528 g/mol. The number of hydrogen-bond donors (Lipinski definition) is 0. The molecular weight excluding hydrogens is 504 g/mol. The summed E-state index contributed by atoms with van der Waals surface area (Å²) in [5.41, 5.74) is 1.13. The Morgan fingerprint density at radius 3 is 2.33 bits per heavy atom. The summed E-state index contributed by atoms with van der Waals surface area (Å²) >= 11 is 1.25. The second kappa shape index (κ2) is 10.0. The molecule has 0 N–H and O–H groups in total. The third-order valence-corrected chi connectivity index (χ3v) is 9.25. The van der Waals surface area contributed by atoms with Crippen molar-refractivity contribution >= 4 is 42.6 Å². The summed E-state index contributed by atoms with van der Waals surface area (Å²) in [5, 5.41) is 0.408. The van der Waals surface area contributed by atoms with Gasteiger partial charge in [-0.05, 0) is 54.8 Å². The molecule has 0 atom stereocenters. The van der Waals surface area contributed by atoms with Gasteiger partial charge in [0.05, 0.1) is 16.1 Å². The van der Waals surface area contributed by atoms with E-state index in [1.807, 2.05) is 30.3 Å². The van der Waals surface area contributed by atoms with Crippen molar-refractivity contribution in [1.82, 2.24) is 9.29 Å². The van der Waals surface area contributed by atoms with Crippen LogP contribution < -0.4 is 4.90 Å². The highest BCUT2D eigenvalue weighted by Gasteiger charge is 2.35. The van der Waals surface area contributed by atoms with Crippen LogP contribution in [0.3, 0.4) is 0 Å². The summed E-state index contributed by atoms with van der Waals surface area (Å²) in [6.07, 6.45) is 0.674. The zero-order valence-electron chi connectivity index (χ0n) is 19.2. The maximum Gasteiger partial charge on any atom is 0.243 e. The van der Waals surface area contributed by atoms with Crippen molar-refractivity contribution in [2.45, 2.75) is 24.3 Å². The molecule has 4 aromatic rings. The molecule has 0 aliphatic carbocycles. The van der Waals surface area contributed by atoms with Gasteiger partial charge in [-0.15, -0.1) is 0 Å². The topological polar surface area (TPSA) is 70.6 Å². The molecule has 1 aromatic heterocycles. The van der Waals surface area contributed by atoms with Crippen LogP contribution in [0.4, 0.5) is 13.9 Å². The van der Waals surface area contributed by atoms with Crippen LogP contribution in [0.1, 0.15) is 18.4 Å². The van der Waals surface area contributed by atoms with E-state index in [1.54, 1.807) is 17.0 Å². The molecule has 1 fully saturated rings. The highest BCUT2D eigenvalue weighted by molar-refractivity contribution is 7.89. The van der Waals surface area contributed by atoms with Gasteiger partial charge in [0.15, 0.2) is 5.13 Å². The first-order valence-electron chi connectivity index (χ1n) is 11.5. The minimum Gasteiger partial charge on any atom is -0.283 e. The van der Waals surface area contributed by atoms with Crippen molar-refractivity contribution in [2.75, 3.05) is 18.0 Å². The third-order valence-electron chi connectivity index (χ3n) is 6.29. The zero-order valence-corrected chi connectivity index (χ0v) is 20.8. The number of aromatic nitrogens is 1. The summed E-state index contributed by atoms with van der Waals surface area (Å²) in [6.45, 7) is 0.614. The summed E-state index contributed by atoms with van der Waals surface area (Å²) in [4.78, 5) is 19.8. The van der Waals surface area contributed by atoms with E-state index in [4.69, 9.17) is 0 Å². The molecule has 10 heteroatoms. The highest BCUT2D eigenvalue weighted by Crippen LogP contribution is 2.34. The molecule has 36 heavy (non-hydrogen) atoms. The molecule has 0 radical (unpaired) electrons. The summed E-state index contributed by atoms with van der Waals surface area (Å²) < 4.78 is 55.5. The zero-order chi connectivity index (χ0) is 25.3. The summed E-state index contributed by atoms with van der Waals surface area (Å²) in [6, 6.07) is 18.9. The van der Waals surface area contributed by atoms with Crippen molar-refractivity contribution in [3.8, 4) is 0 Å². The van der Waals surface area contributed by atoms with E-state index in [0.29, 0.717) is 22.7 Å². The number of thiazole rings is 1. The van der Waals surface area contributed by atoms with Gasteiger partial charge in [0.25, 0.3) is 0 Å². The van der Waals surface area contributed by atoms with Gasteiger partial charge in [-0.25, -0.2) is 22.2 Å². The summed E-state index contributed by atoms with van der Waals surface area (Å²) in [7, 11) is -3.78. The molecule has 1 saturated heterocycles. The predicted octanol–water partition coefficient (Wildman–Crippen LogP) is 5.21. The van der Waals surface area contributed by atoms with Gasteiger partial charge >= 0.3 is 0 Å². The van der Waals surface area contributed by atoms with Crippen LogP contribution in [-0.2, 0) is 21.4 Å². The first-order valence-corrected chi connectivity index (χ1v) is 13.7. The SMILES string of the molecule is O=C(C1CCN(S(=O)(=O)c2ccc(F)cc2)CC1)N(Cc1ccccc1)c1nc2c(F)cccc2s1. The number of nitrogens with zero attached hydrogens (tertiary/aromatic N) is 3. The molecular formula is C26H23F2N3O3S2. The number of sulfonamides is 1. The Labute approximate surface area is 211 Å². The third kappa shape index (κ3) is 4.88. The molecule has 5 rings (SSSR count). The lowest BCUT2D eigenvalue weighted by atomic mass is 9.96. The Morgan fingerprint density at radius 1 is 0.972 bits per heavy atom. The number of amides is 1. The molecule has 3 aromatic carbocycles. The lowest BCUT2D eigenvalue weighted by Gasteiger charge is -2.33. The number of fused-ring (bicyclic) bond motifs is 1. The van der Waals surface area contributed by atoms with Gasteiger partial charge in [-0.3, -0.25) is 9.69 Å². The van der Waals surface area contributed by atoms with Crippen molar-refractivity contribution in [2.24, 2.45) is 5.92 Å². The molecule has 1 aliphatic heterocycles. The number of piperidine rings is 1. The van der Waals surface area contributed by atoms with Crippen LogP contribution in [0, 0.1) is 17.6 Å². The molecule has 1 amide bonds. The number of rotatable bonds is 6. The normalized spacial score (nSPS) is 15.3. The number of benzene rings is 3. The van der Waals surface area contributed by atoms with Crippen molar-refractivity contribution in [3.63, 3.8) is 0 Å². The van der Waals surface area contributed by atoms with Gasteiger partial charge in [0.1, 0.15) is 17.2 Å². The number of carbonyl (C=O) groups is 1. The first kappa shape index (κ1) is 24.5. The van der Waals surface area contributed by atoms with Crippen molar-refractivity contribution in [1.29, 1.82) is 0 Å². The largest absolute Gasteiger partial charge is 0.283 e. The van der Waals surface area contributed by atoms with Gasteiger partial charge in [-0.2, -0.15) is 4.31 Å². The quantitative estimate of drug-likeness (QED) is 0.345. The minimum absolute atomic E-state index is 0.0240. The molecule has 0 spiro atoms. The van der Waals surface area contributed by atoms with E-state index in [2.05, 4.69) is 4.98 Å². The van der Waals surface area contributed by atoms with Crippen molar-refractivity contribution < 1.29 is 22.0 Å². The number of para-hydroxylation sites is 1. The molecule has 0 unspecified atom stereocenters. The van der Waals surface area contributed by atoms with E-state index in [1.165, 1.54) is 33.8 Å². The fourth-order valence-corrected chi connectivity index (χ4v) is 6.80. The molecule has 186 valence electrons. The Kier molecular flexibility index (Phi) is 6.83. The molecule has 6 nitrogen and oxygen atoms in total. The van der Waals surface area contributed by atoms with E-state index in [-0.39, 0.29) is 36.0 Å². The van der Waals surface area contributed by atoms with Crippen LogP contribution in [0.15, 0.2) is 77.7 Å². The fraction of sp³-hybridized carbons (Fsp3) is 0.231. The van der Waals surface area contributed by atoms with Crippen LogP contribution in [0.5, 0.6) is 0 Å².